The molecule has 0 aliphatic carbocycles. The maximum absolute atomic E-state index is 11.2. The van der Waals surface area contributed by atoms with Crippen molar-refractivity contribution in [2.45, 2.75) is 4.90 Å². The summed E-state index contributed by atoms with van der Waals surface area (Å²) in [6, 6.07) is 3.82. The summed E-state index contributed by atoms with van der Waals surface area (Å²) in [6.45, 7) is 0. The van der Waals surface area contributed by atoms with Crippen LogP contribution in [0.2, 0.25) is 0 Å². The number of carbonyl (C=O) groups is 1. The van der Waals surface area contributed by atoms with Crippen LogP contribution in [0.15, 0.2) is 33.6 Å². The number of nitrogens with zero attached hydrogens (tertiary/aromatic N) is 1. The van der Waals surface area contributed by atoms with Crippen LogP contribution in [0.1, 0.15) is 10.6 Å². The number of aldehydes is 1. The molecule has 0 bridgehead atoms. The van der Waals surface area contributed by atoms with Crippen LogP contribution in [0.25, 0.3) is 11.3 Å². The number of non-ortho nitro benzene ring substituents is 1. The normalized spacial score (nSPS) is 11.3. The molecule has 9 nitrogen and oxygen atoms in total. The molecule has 0 spiro atoms. The van der Waals surface area contributed by atoms with Crippen LogP contribution in [0.3, 0.4) is 0 Å². The molecule has 0 fully saturated rings. The Morgan fingerprint density at radius 2 is 1.95 bits per heavy atom. The van der Waals surface area contributed by atoms with Gasteiger partial charge in [-0.2, -0.15) is 8.42 Å². The Morgan fingerprint density at radius 1 is 1.29 bits per heavy atom. The Morgan fingerprint density at radius 3 is 2.43 bits per heavy atom. The molecule has 21 heavy (non-hydrogen) atoms. The first-order valence-corrected chi connectivity index (χ1v) is 6.72. The van der Waals surface area contributed by atoms with Crippen LogP contribution < -0.4 is 0 Å². The predicted octanol–water partition coefficient (Wildman–Crippen LogP) is 1.62. The van der Waals surface area contributed by atoms with E-state index in [1.165, 1.54) is 12.1 Å². The Kier molecular flexibility index (Phi) is 3.49. The van der Waals surface area contributed by atoms with Gasteiger partial charge in [-0.25, -0.2) is 0 Å². The zero-order valence-corrected chi connectivity index (χ0v) is 10.9. The van der Waals surface area contributed by atoms with Gasteiger partial charge in [0.15, 0.2) is 12.0 Å². The molecule has 1 aromatic heterocycles. The van der Waals surface area contributed by atoms with Crippen molar-refractivity contribution >= 4 is 22.1 Å². The number of phenolic OH excluding ortho intramolecular Hbond substituents is 1. The third-order valence-corrected chi connectivity index (χ3v) is 3.42. The van der Waals surface area contributed by atoms with E-state index in [4.69, 9.17) is 8.97 Å². The molecule has 0 aliphatic heterocycles. The molecule has 0 aliphatic rings. The summed E-state index contributed by atoms with van der Waals surface area (Å²) < 4.78 is 36.3. The monoisotopic (exact) mass is 313 g/mol. The first-order chi connectivity index (χ1) is 9.74. The summed E-state index contributed by atoms with van der Waals surface area (Å²) in [5.74, 6) is -1.21. The largest absolute Gasteiger partial charge is 0.506 e. The lowest BCUT2D eigenvalue weighted by atomic mass is 10.1. The van der Waals surface area contributed by atoms with Crippen molar-refractivity contribution in [1.82, 2.24) is 0 Å². The topological polar surface area (TPSA) is 148 Å². The Hall–Kier alpha value is -2.72. The summed E-state index contributed by atoms with van der Waals surface area (Å²) in [7, 11) is -4.88. The number of hydrogen-bond donors (Lipinski definition) is 2. The SMILES string of the molecule is O=Cc1ccc(-c2cc([N+](=O)[O-])cc(S(=O)(=O)O)c2O)o1. The first kappa shape index (κ1) is 14.7. The minimum absolute atomic E-state index is 0.121. The van der Waals surface area contributed by atoms with Gasteiger partial charge in [0.2, 0.25) is 0 Å². The second-order valence-corrected chi connectivity index (χ2v) is 5.28. The minimum Gasteiger partial charge on any atom is -0.506 e. The third kappa shape index (κ3) is 2.75. The molecule has 2 aromatic rings. The lowest BCUT2D eigenvalue weighted by Crippen LogP contribution is -2.01. The molecular formula is C11H7NO8S. The van der Waals surface area contributed by atoms with Gasteiger partial charge in [-0.15, -0.1) is 0 Å². The van der Waals surface area contributed by atoms with Gasteiger partial charge in [0.25, 0.3) is 15.8 Å². The summed E-state index contributed by atoms with van der Waals surface area (Å²) in [6.07, 6.45) is 0.363. The second-order valence-electron chi connectivity index (χ2n) is 3.89. The van der Waals surface area contributed by atoms with E-state index in [9.17, 15) is 28.4 Å². The van der Waals surface area contributed by atoms with Crippen LogP contribution in [-0.2, 0) is 10.1 Å². The number of phenols is 1. The predicted molar refractivity (Wildman–Crippen MR) is 67.7 cm³/mol. The van der Waals surface area contributed by atoms with Gasteiger partial charge in [0.05, 0.1) is 10.5 Å². The van der Waals surface area contributed by atoms with Crippen molar-refractivity contribution in [3.8, 4) is 17.1 Å². The van der Waals surface area contributed by atoms with Crippen LogP contribution in [-0.4, -0.2) is 29.3 Å². The van der Waals surface area contributed by atoms with Crippen molar-refractivity contribution in [2.75, 3.05) is 0 Å². The van der Waals surface area contributed by atoms with Gasteiger partial charge in [-0.3, -0.25) is 19.5 Å². The number of hydrogen-bond acceptors (Lipinski definition) is 7. The van der Waals surface area contributed by atoms with E-state index in [2.05, 4.69) is 0 Å². The molecule has 0 radical (unpaired) electrons. The lowest BCUT2D eigenvalue weighted by molar-refractivity contribution is -0.385. The fourth-order valence-electron chi connectivity index (χ4n) is 1.64. The Labute approximate surface area is 117 Å². The first-order valence-electron chi connectivity index (χ1n) is 5.28. The van der Waals surface area contributed by atoms with E-state index >= 15 is 0 Å². The number of rotatable bonds is 4. The average Bonchev–Trinajstić information content (AvgIpc) is 2.85. The third-order valence-electron chi connectivity index (χ3n) is 2.56. The molecule has 2 rings (SSSR count). The number of carbonyl (C=O) groups excluding carboxylic acids is 1. The molecule has 0 saturated carbocycles. The van der Waals surface area contributed by atoms with E-state index in [0.717, 1.165) is 6.07 Å². The highest BCUT2D eigenvalue weighted by atomic mass is 32.2. The van der Waals surface area contributed by atoms with Gasteiger partial charge < -0.3 is 9.52 Å². The average molecular weight is 313 g/mol. The fourth-order valence-corrected chi connectivity index (χ4v) is 2.27. The second kappa shape index (κ2) is 5.00. The van der Waals surface area contributed by atoms with Crippen LogP contribution >= 0.6 is 0 Å². The Balaban J connectivity index is 2.78. The van der Waals surface area contributed by atoms with Gasteiger partial charge >= 0.3 is 0 Å². The summed E-state index contributed by atoms with van der Waals surface area (Å²) in [4.78, 5) is 19.4. The molecule has 0 saturated heterocycles. The Bertz CT molecular complexity index is 836. The summed E-state index contributed by atoms with van der Waals surface area (Å²) in [5, 5.41) is 20.7. The number of nitro benzene ring substituents is 1. The van der Waals surface area contributed by atoms with Gasteiger partial charge in [-0.05, 0) is 12.1 Å². The van der Waals surface area contributed by atoms with Gasteiger partial charge in [0, 0.05) is 12.1 Å². The van der Waals surface area contributed by atoms with Crippen molar-refractivity contribution in [3.63, 3.8) is 0 Å². The molecule has 0 unspecified atom stereocenters. The summed E-state index contributed by atoms with van der Waals surface area (Å²) in [5.41, 5.74) is -1.02. The van der Waals surface area contributed by atoms with Crippen LogP contribution in [0, 0.1) is 10.1 Å². The maximum Gasteiger partial charge on any atom is 0.298 e. The molecule has 2 N–H and O–H groups in total. The van der Waals surface area contributed by atoms with E-state index in [0.29, 0.717) is 12.4 Å². The van der Waals surface area contributed by atoms with Crippen molar-refractivity contribution in [3.05, 3.63) is 40.1 Å². The molecular weight excluding hydrogens is 306 g/mol. The number of nitro groups is 1. The minimum atomic E-state index is -4.88. The zero-order valence-electron chi connectivity index (χ0n) is 10.1. The van der Waals surface area contributed by atoms with E-state index < -0.39 is 31.4 Å². The summed E-state index contributed by atoms with van der Waals surface area (Å²) >= 11 is 0. The highest BCUT2D eigenvalue weighted by molar-refractivity contribution is 7.86. The molecule has 0 amide bonds. The quantitative estimate of drug-likeness (QED) is 0.374. The highest BCUT2D eigenvalue weighted by Crippen LogP contribution is 2.38. The highest BCUT2D eigenvalue weighted by Gasteiger charge is 2.25. The number of furan rings is 1. The molecule has 0 atom stereocenters. The van der Waals surface area contributed by atoms with Crippen molar-refractivity contribution in [1.29, 1.82) is 0 Å². The maximum atomic E-state index is 11.2. The van der Waals surface area contributed by atoms with E-state index in [-0.39, 0.29) is 17.1 Å². The number of aromatic hydroxyl groups is 1. The van der Waals surface area contributed by atoms with Gasteiger partial charge in [-0.1, -0.05) is 0 Å². The molecule has 110 valence electrons. The van der Waals surface area contributed by atoms with Crippen molar-refractivity contribution < 1.29 is 32.2 Å². The standard InChI is InChI=1S/C11H7NO8S/c13-5-7-1-2-9(20-7)8-3-6(12(15)16)4-10(11(8)14)21(17,18)19/h1-5,14H,(H,17,18,19). The molecule has 10 heteroatoms. The van der Waals surface area contributed by atoms with Crippen LogP contribution in [0.4, 0.5) is 5.69 Å². The van der Waals surface area contributed by atoms with Crippen molar-refractivity contribution in [2.24, 2.45) is 0 Å². The fraction of sp³-hybridized carbons (Fsp3) is 0. The van der Waals surface area contributed by atoms with E-state index in [1.807, 2.05) is 0 Å². The van der Waals surface area contributed by atoms with E-state index in [1.54, 1.807) is 0 Å². The van der Waals surface area contributed by atoms with Gasteiger partial charge in [0.1, 0.15) is 16.4 Å². The smallest absolute Gasteiger partial charge is 0.298 e. The lowest BCUT2D eigenvalue weighted by Gasteiger charge is -2.06. The van der Waals surface area contributed by atoms with Crippen LogP contribution in [0.5, 0.6) is 5.75 Å². The molecule has 1 aromatic carbocycles. The zero-order chi connectivity index (χ0) is 15.8. The number of benzene rings is 1. The molecule has 1 heterocycles.